The lowest BCUT2D eigenvalue weighted by molar-refractivity contribution is 0.439. The van der Waals surface area contributed by atoms with Crippen molar-refractivity contribution in [2.24, 2.45) is 0 Å². The summed E-state index contributed by atoms with van der Waals surface area (Å²) in [6, 6.07) is 0. The molecule has 0 heterocycles. The van der Waals surface area contributed by atoms with Gasteiger partial charge in [-0.15, -0.1) is 0 Å². The highest BCUT2D eigenvalue weighted by molar-refractivity contribution is 6.26. The van der Waals surface area contributed by atoms with Gasteiger partial charge in [-0.25, -0.2) is 0 Å². The summed E-state index contributed by atoms with van der Waals surface area (Å²) in [5.41, 5.74) is 0. The molecule has 0 radical (unpaired) electrons. The molecule has 0 aromatic carbocycles. The third kappa shape index (κ3) is 6.02. The van der Waals surface area contributed by atoms with Crippen LogP contribution in [0.4, 0.5) is 0 Å². The Morgan fingerprint density at radius 1 is 1.57 bits per heavy atom. The molecule has 0 N–H and O–H groups in total. The molecule has 0 rings (SSSR count). The number of unbranched alkanes of at least 4 members (excludes halogenated alkanes) is 1. The standard InChI is InChI=1S/C5H13BO/c1-3-4-5-6-7-2/h6H,3-5H2,1-2H3. The summed E-state index contributed by atoms with van der Waals surface area (Å²) in [5, 5.41) is 0. The Bertz CT molecular complexity index is 27.3. The first kappa shape index (κ1) is 7.02. The maximum absolute atomic E-state index is 4.84. The zero-order chi connectivity index (χ0) is 5.54. The monoisotopic (exact) mass is 100 g/mol. The van der Waals surface area contributed by atoms with Crippen LogP contribution in [0.15, 0.2) is 0 Å². The molecule has 0 aliphatic carbocycles. The molecule has 1 nitrogen and oxygen atoms in total. The topological polar surface area (TPSA) is 9.23 Å². The van der Waals surface area contributed by atoms with E-state index in [1.54, 1.807) is 7.11 Å². The summed E-state index contributed by atoms with van der Waals surface area (Å²) in [5.74, 6) is 0. The van der Waals surface area contributed by atoms with Crippen LogP contribution in [-0.4, -0.2) is 14.6 Å². The van der Waals surface area contributed by atoms with Gasteiger partial charge in [0.05, 0.1) is 0 Å². The van der Waals surface area contributed by atoms with Crippen molar-refractivity contribution in [2.75, 3.05) is 7.11 Å². The van der Waals surface area contributed by atoms with E-state index in [-0.39, 0.29) is 0 Å². The van der Waals surface area contributed by atoms with Gasteiger partial charge in [-0.1, -0.05) is 26.1 Å². The van der Waals surface area contributed by atoms with Crippen molar-refractivity contribution in [1.29, 1.82) is 0 Å². The molecule has 0 aromatic heterocycles. The summed E-state index contributed by atoms with van der Waals surface area (Å²) >= 11 is 0. The molecule has 0 atom stereocenters. The highest BCUT2D eigenvalue weighted by Crippen LogP contribution is 1.91. The zero-order valence-corrected chi connectivity index (χ0v) is 5.24. The zero-order valence-electron chi connectivity index (χ0n) is 5.24. The minimum absolute atomic E-state index is 0.924. The second-order valence-corrected chi connectivity index (χ2v) is 1.70. The van der Waals surface area contributed by atoms with Crippen LogP contribution in [0, 0.1) is 0 Å². The molecule has 42 valence electrons. The van der Waals surface area contributed by atoms with E-state index in [1.165, 1.54) is 19.2 Å². The van der Waals surface area contributed by atoms with Gasteiger partial charge in [-0.2, -0.15) is 0 Å². The van der Waals surface area contributed by atoms with Crippen molar-refractivity contribution < 1.29 is 4.65 Å². The van der Waals surface area contributed by atoms with E-state index in [4.69, 9.17) is 4.65 Å². The Morgan fingerprint density at radius 3 is 2.71 bits per heavy atom. The Balaban J connectivity index is 2.45. The maximum Gasteiger partial charge on any atom is 0.274 e. The van der Waals surface area contributed by atoms with E-state index < -0.39 is 0 Å². The molecule has 0 aliphatic rings. The second-order valence-electron chi connectivity index (χ2n) is 1.70. The van der Waals surface area contributed by atoms with Crippen LogP contribution in [0.3, 0.4) is 0 Å². The SMILES string of the molecule is CCCCBOC. The highest BCUT2D eigenvalue weighted by Gasteiger charge is 1.84. The average molecular weight is 100.0 g/mol. The molecule has 0 unspecified atom stereocenters. The van der Waals surface area contributed by atoms with Crippen molar-refractivity contribution in [3.63, 3.8) is 0 Å². The summed E-state index contributed by atoms with van der Waals surface area (Å²) in [6.45, 7) is 2.19. The first-order valence-corrected chi connectivity index (χ1v) is 2.90. The van der Waals surface area contributed by atoms with Gasteiger partial charge < -0.3 is 4.65 Å². The van der Waals surface area contributed by atoms with E-state index >= 15 is 0 Å². The van der Waals surface area contributed by atoms with Gasteiger partial charge in [0.25, 0.3) is 7.48 Å². The smallest absolute Gasteiger partial charge is 0.274 e. The van der Waals surface area contributed by atoms with Gasteiger partial charge in [-0.3, -0.25) is 0 Å². The molecule has 2 heteroatoms. The van der Waals surface area contributed by atoms with Crippen LogP contribution in [0.25, 0.3) is 0 Å². The minimum Gasteiger partial charge on any atom is -0.442 e. The lowest BCUT2D eigenvalue weighted by Gasteiger charge is -1.90. The van der Waals surface area contributed by atoms with E-state index in [9.17, 15) is 0 Å². The van der Waals surface area contributed by atoms with Crippen molar-refractivity contribution >= 4 is 7.48 Å². The van der Waals surface area contributed by atoms with E-state index in [0.29, 0.717) is 0 Å². The predicted octanol–water partition coefficient (Wildman–Crippen LogP) is 1.20. The molecule has 0 bridgehead atoms. The molecule has 0 fully saturated rings. The van der Waals surface area contributed by atoms with Gasteiger partial charge in [-0.05, 0) is 0 Å². The molecule has 0 spiro atoms. The molecule has 7 heavy (non-hydrogen) atoms. The Kier molecular flexibility index (Phi) is 6.05. The summed E-state index contributed by atoms with van der Waals surface area (Å²) in [7, 11) is 2.67. The number of hydrogen-bond donors (Lipinski definition) is 0. The van der Waals surface area contributed by atoms with Crippen molar-refractivity contribution in [3.05, 3.63) is 0 Å². The molecule has 0 amide bonds. The fourth-order valence-electron chi connectivity index (χ4n) is 0.496. The van der Waals surface area contributed by atoms with Crippen LogP contribution in [0.1, 0.15) is 19.8 Å². The van der Waals surface area contributed by atoms with Crippen LogP contribution in [-0.2, 0) is 4.65 Å². The summed E-state index contributed by atoms with van der Waals surface area (Å²) in [6.07, 6.45) is 3.80. The fourth-order valence-corrected chi connectivity index (χ4v) is 0.496. The lowest BCUT2D eigenvalue weighted by Crippen LogP contribution is -1.90. The van der Waals surface area contributed by atoms with Gasteiger partial charge in [0.2, 0.25) is 0 Å². The molecule has 0 aromatic rings. The molecule has 0 saturated carbocycles. The van der Waals surface area contributed by atoms with Crippen molar-refractivity contribution in [1.82, 2.24) is 0 Å². The normalized spacial score (nSPS) is 8.86. The van der Waals surface area contributed by atoms with Gasteiger partial charge in [0.15, 0.2) is 0 Å². The second kappa shape index (κ2) is 6.02. The van der Waals surface area contributed by atoms with E-state index in [1.807, 2.05) is 0 Å². The minimum atomic E-state index is 0.924. The highest BCUT2D eigenvalue weighted by atomic mass is 16.4. The predicted molar refractivity (Wildman–Crippen MR) is 33.9 cm³/mol. The first-order chi connectivity index (χ1) is 3.41. The largest absolute Gasteiger partial charge is 0.442 e. The Morgan fingerprint density at radius 2 is 2.29 bits per heavy atom. The Labute approximate surface area is 46.3 Å². The number of rotatable bonds is 4. The summed E-state index contributed by atoms with van der Waals surface area (Å²) in [4.78, 5) is 0. The average Bonchev–Trinajstić information content (AvgIpc) is 1.69. The quantitative estimate of drug-likeness (QED) is 0.381. The molecular formula is C5H13BO. The van der Waals surface area contributed by atoms with Gasteiger partial charge in [0.1, 0.15) is 0 Å². The van der Waals surface area contributed by atoms with Crippen molar-refractivity contribution in [2.45, 2.75) is 26.1 Å². The van der Waals surface area contributed by atoms with Crippen LogP contribution in [0.5, 0.6) is 0 Å². The summed E-state index contributed by atoms with van der Waals surface area (Å²) < 4.78 is 4.84. The van der Waals surface area contributed by atoms with Crippen LogP contribution < -0.4 is 0 Å². The molecular weight excluding hydrogens is 86.9 g/mol. The van der Waals surface area contributed by atoms with E-state index in [0.717, 1.165) is 7.48 Å². The Hall–Kier alpha value is 0.0249. The van der Waals surface area contributed by atoms with Crippen LogP contribution in [0.2, 0.25) is 6.32 Å². The molecule has 0 aliphatic heterocycles. The van der Waals surface area contributed by atoms with Gasteiger partial charge >= 0.3 is 0 Å². The third-order valence-corrected chi connectivity index (χ3v) is 0.952. The number of hydrogen-bond acceptors (Lipinski definition) is 1. The maximum atomic E-state index is 4.84. The van der Waals surface area contributed by atoms with Crippen molar-refractivity contribution in [3.8, 4) is 0 Å². The van der Waals surface area contributed by atoms with E-state index in [2.05, 4.69) is 6.92 Å². The van der Waals surface area contributed by atoms with Crippen LogP contribution >= 0.6 is 0 Å². The lowest BCUT2D eigenvalue weighted by atomic mass is 9.92. The third-order valence-electron chi connectivity index (χ3n) is 0.952. The first-order valence-electron chi connectivity index (χ1n) is 2.90. The fraction of sp³-hybridized carbons (Fsp3) is 1.00. The molecule has 0 saturated heterocycles. The van der Waals surface area contributed by atoms with Gasteiger partial charge in [0, 0.05) is 7.11 Å².